The number of hydrogen-bond acceptors (Lipinski definition) is 4. The predicted molar refractivity (Wildman–Crippen MR) is 81.6 cm³/mol. The number of amides is 1. The lowest BCUT2D eigenvalue weighted by Gasteiger charge is -2.07. The summed E-state index contributed by atoms with van der Waals surface area (Å²) in [7, 11) is 0. The molecule has 1 amide bonds. The molecule has 20 heavy (non-hydrogen) atoms. The number of nitrogens with one attached hydrogen (secondary N) is 2. The van der Waals surface area contributed by atoms with Crippen LogP contribution in [0.1, 0.15) is 20.3 Å². The molecule has 0 unspecified atom stereocenters. The van der Waals surface area contributed by atoms with Gasteiger partial charge in [0.05, 0.1) is 4.47 Å². The van der Waals surface area contributed by atoms with Crippen LogP contribution in [-0.2, 0) is 4.79 Å². The van der Waals surface area contributed by atoms with Crippen molar-refractivity contribution in [1.29, 1.82) is 0 Å². The minimum Gasteiger partial charge on any atom is -0.356 e. The van der Waals surface area contributed by atoms with Crippen LogP contribution in [0.4, 0.5) is 5.95 Å². The summed E-state index contributed by atoms with van der Waals surface area (Å²) in [4.78, 5) is 15.9. The fraction of sp³-hybridized carbons (Fsp3) is 0.462. The monoisotopic (exact) mass is 339 g/mol. The number of rotatable bonds is 6. The van der Waals surface area contributed by atoms with Crippen molar-refractivity contribution >= 4 is 33.4 Å². The second kappa shape index (κ2) is 6.69. The molecule has 0 atom stereocenters. The van der Waals surface area contributed by atoms with Crippen LogP contribution in [0.15, 0.2) is 22.8 Å². The maximum atomic E-state index is 11.6. The van der Waals surface area contributed by atoms with Gasteiger partial charge in [0.15, 0.2) is 5.65 Å². The van der Waals surface area contributed by atoms with Crippen LogP contribution < -0.4 is 10.6 Å². The minimum absolute atomic E-state index is 0.0381. The van der Waals surface area contributed by atoms with E-state index in [1.54, 1.807) is 4.52 Å². The summed E-state index contributed by atoms with van der Waals surface area (Å²) >= 11 is 3.42. The second-order valence-corrected chi connectivity index (χ2v) is 5.79. The topological polar surface area (TPSA) is 71.3 Å². The van der Waals surface area contributed by atoms with Gasteiger partial charge >= 0.3 is 0 Å². The van der Waals surface area contributed by atoms with Crippen molar-refractivity contribution in [3.8, 4) is 0 Å². The molecule has 0 radical (unpaired) electrons. The second-order valence-electron chi connectivity index (χ2n) is 4.93. The Labute approximate surface area is 126 Å². The van der Waals surface area contributed by atoms with Gasteiger partial charge in [0.1, 0.15) is 0 Å². The first-order chi connectivity index (χ1) is 9.56. The Morgan fingerprint density at radius 2 is 2.30 bits per heavy atom. The van der Waals surface area contributed by atoms with Crippen molar-refractivity contribution < 1.29 is 4.79 Å². The maximum Gasteiger partial charge on any atom is 0.243 e. The van der Waals surface area contributed by atoms with E-state index in [9.17, 15) is 4.79 Å². The highest BCUT2D eigenvalue weighted by molar-refractivity contribution is 9.10. The van der Waals surface area contributed by atoms with E-state index in [0.29, 0.717) is 31.4 Å². The molecule has 0 bridgehead atoms. The number of halogens is 1. The Morgan fingerprint density at radius 1 is 1.50 bits per heavy atom. The molecular weight excluding hydrogens is 322 g/mol. The van der Waals surface area contributed by atoms with Crippen molar-refractivity contribution in [3.05, 3.63) is 22.8 Å². The van der Waals surface area contributed by atoms with Gasteiger partial charge in [0.25, 0.3) is 0 Å². The van der Waals surface area contributed by atoms with E-state index < -0.39 is 0 Å². The minimum atomic E-state index is 0.0381. The van der Waals surface area contributed by atoms with Crippen molar-refractivity contribution in [2.24, 2.45) is 5.92 Å². The highest BCUT2D eigenvalue weighted by Gasteiger charge is 2.07. The first-order valence-electron chi connectivity index (χ1n) is 6.57. The van der Waals surface area contributed by atoms with Crippen LogP contribution >= 0.6 is 15.9 Å². The summed E-state index contributed by atoms with van der Waals surface area (Å²) in [5, 5.41) is 10.2. The van der Waals surface area contributed by atoms with Crippen LogP contribution in [0.3, 0.4) is 0 Å². The van der Waals surface area contributed by atoms with Gasteiger partial charge in [-0.25, -0.2) is 4.52 Å². The fourth-order valence-corrected chi connectivity index (χ4v) is 2.07. The largest absolute Gasteiger partial charge is 0.356 e. The van der Waals surface area contributed by atoms with Crippen LogP contribution in [0.2, 0.25) is 0 Å². The lowest BCUT2D eigenvalue weighted by Crippen LogP contribution is -2.28. The standard InChI is InChI=1S/C13H18BrN5O/c1-9(2)8-16-11(20)5-6-15-13-17-12-10(14)4-3-7-19(12)18-13/h3-4,7,9H,5-6,8H2,1-2H3,(H,15,18)(H,16,20). The van der Waals surface area contributed by atoms with Gasteiger partial charge in [-0.3, -0.25) is 4.79 Å². The first kappa shape index (κ1) is 14.8. The predicted octanol–water partition coefficient (Wildman–Crippen LogP) is 2.07. The SMILES string of the molecule is CC(C)CNC(=O)CCNc1nc2c(Br)cccn2n1. The van der Waals surface area contributed by atoms with Gasteiger partial charge in [0, 0.05) is 25.7 Å². The molecule has 0 aliphatic rings. The van der Waals surface area contributed by atoms with Crippen LogP contribution in [0, 0.1) is 5.92 Å². The van der Waals surface area contributed by atoms with Gasteiger partial charge in [-0.05, 0) is 34.0 Å². The van der Waals surface area contributed by atoms with Crippen molar-refractivity contribution in [3.63, 3.8) is 0 Å². The Balaban J connectivity index is 1.84. The van der Waals surface area contributed by atoms with E-state index >= 15 is 0 Å². The molecule has 0 fully saturated rings. The zero-order valence-electron chi connectivity index (χ0n) is 11.6. The molecule has 7 heteroatoms. The molecule has 0 aliphatic carbocycles. The van der Waals surface area contributed by atoms with E-state index in [2.05, 4.69) is 50.5 Å². The molecule has 108 valence electrons. The van der Waals surface area contributed by atoms with Crippen molar-refractivity contribution in [1.82, 2.24) is 19.9 Å². The molecule has 0 saturated carbocycles. The molecule has 2 rings (SSSR count). The van der Waals surface area contributed by atoms with Gasteiger partial charge in [-0.15, -0.1) is 5.10 Å². The van der Waals surface area contributed by atoms with Crippen molar-refractivity contribution in [2.75, 3.05) is 18.4 Å². The number of carbonyl (C=O) groups is 1. The lowest BCUT2D eigenvalue weighted by molar-refractivity contribution is -0.120. The number of hydrogen-bond donors (Lipinski definition) is 2. The molecule has 0 saturated heterocycles. The summed E-state index contributed by atoms with van der Waals surface area (Å²) in [5.74, 6) is 1.02. The number of aromatic nitrogens is 3. The fourth-order valence-electron chi connectivity index (χ4n) is 1.64. The molecule has 0 aromatic carbocycles. The van der Waals surface area contributed by atoms with Gasteiger partial charge in [-0.2, -0.15) is 4.98 Å². The van der Waals surface area contributed by atoms with Crippen molar-refractivity contribution in [2.45, 2.75) is 20.3 Å². The van der Waals surface area contributed by atoms with Gasteiger partial charge < -0.3 is 10.6 Å². The molecule has 2 aromatic heterocycles. The third-order valence-corrected chi connectivity index (χ3v) is 3.28. The number of nitrogens with zero attached hydrogens (tertiary/aromatic N) is 3. The molecule has 2 N–H and O–H groups in total. The summed E-state index contributed by atoms with van der Waals surface area (Å²) in [6.07, 6.45) is 2.23. The number of carbonyl (C=O) groups excluding carboxylic acids is 1. The zero-order valence-corrected chi connectivity index (χ0v) is 13.1. The smallest absolute Gasteiger partial charge is 0.243 e. The molecular formula is C13H18BrN5O. The highest BCUT2D eigenvalue weighted by atomic mass is 79.9. The van der Waals surface area contributed by atoms with E-state index in [-0.39, 0.29) is 5.91 Å². The Kier molecular flexibility index (Phi) is 4.94. The summed E-state index contributed by atoms with van der Waals surface area (Å²) in [5.41, 5.74) is 0.749. The average molecular weight is 340 g/mol. The molecule has 6 nitrogen and oxygen atoms in total. The molecule has 0 spiro atoms. The van der Waals surface area contributed by atoms with E-state index in [1.807, 2.05) is 18.3 Å². The Hall–Kier alpha value is -1.63. The molecule has 2 heterocycles. The Morgan fingerprint density at radius 3 is 3.00 bits per heavy atom. The first-order valence-corrected chi connectivity index (χ1v) is 7.37. The third-order valence-electron chi connectivity index (χ3n) is 2.66. The zero-order chi connectivity index (χ0) is 14.5. The quantitative estimate of drug-likeness (QED) is 0.845. The van der Waals surface area contributed by atoms with E-state index in [4.69, 9.17) is 0 Å². The van der Waals surface area contributed by atoms with Gasteiger partial charge in [-0.1, -0.05) is 13.8 Å². The lowest BCUT2D eigenvalue weighted by atomic mass is 10.2. The number of anilines is 1. The van der Waals surface area contributed by atoms with Crippen LogP contribution in [-0.4, -0.2) is 33.6 Å². The van der Waals surface area contributed by atoms with Crippen LogP contribution in [0.5, 0.6) is 0 Å². The summed E-state index contributed by atoms with van der Waals surface area (Å²) in [6.45, 7) is 5.35. The number of fused-ring (bicyclic) bond motifs is 1. The molecule has 0 aliphatic heterocycles. The third kappa shape index (κ3) is 3.93. The maximum absolute atomic E-state index is 11.6. The number of pyridine rings is 1. The Bertz CT molecular complexity index is 595. The van der Waals surface area contributed by atoms with Gasteiger partial charge in [0.2, 0.25) is 11.9 Å². The summed E-state index contributed by atoms with van der Waals surface area (Å²) in [6, 6.07) is 3.79. The van der Waals surface area contributed by atoms with Crippen LogP contribution in [0.25, 0.3) is 5.65 Å². The molecule has 2 aromatic rings. The highest BCUT2D eigenvalue weighted by Crippen LogP contribution is 2.16. The average Bonchev–Trinajstić information content (AvgIpc) is 2.81. The van der Waals surface area contributed by atoms with E-state index in [1.165, 1.54) is 0 Å². The van der Waals surface area contributed by atoms with E-state index in [0.717, 1.165) is 10.1 Å². The normalized spacial score (nSPS) is 11.0. The summed E-state index contributed by atoms with van der Waals surface area (Å²) < 4.78 is 2.57.